The van der Waals surface area contributed by atoms with Gasteiger partial charge in [0, 0.05) is 15.0 Å². The molecule has 1 heterocycles. The van der Waals surface area contributed by atoms with Gasteiger partial charge >= 0.3 is 5.97 Å². The molecule has 1 N–H and O–H groups in total. The summed E-state index contributed by atoms with van der Waals surface area (Å²) < 4.78 is 0. The Bertz CT molecular complexity index is 246. The van der Waals surface area contributed by atoms with E-state index < -0.39 is 5.97 Å². The van der Waals surface area contributed by atoms with E-state index in [2.05, 4.69) is 24.6 Å². The van der Waals surface area contributed by atoms with Gasteiger partial charge in [0.05, 0.1) is 0 Å². The van der Waals surface area contributed by atoms with Gasteiger partial charge in [-0.15, -0.1) is 0 Å². The number of carboxylic acid groups (broad SMARTS) is 1. The molecule has 0 aromatic carbocycles. The predicted octanol–water partition coefficient (Wildman–Crippen LogP) is 2.15. The molecule has 0 aliphatic heterocycles. The lowest BCUT2D eigenvalue weighted by molar-refractivity contribution is 0.0690. The Morgan fingerprint density at radius 2 is 1.92 bits per heavy atom. The molecule has 0 aliphatic rings. The maximum Gasteiger partial charge on any atom is 0.354 e. The van der Waals surface area contributed by atoms with Crippen LogP contribution in [0.1, 0.15) is 10.5 Å². The highest BCUT2D eigenvalue weighted by Crippen LogP contribution is 1.90. The van der Waals surface area contributed by atoms with E-state index in [-0.39, 0.29) is 14.5 Å². The molecular formula is C9H14NO2Si. The third-order valence-corrected chi connectivity index (χ3v) is 0.884. The van der Waals surface area contributed by atoms with Crippen LogP contribution in [0.3, 0.4) is 0 Å². The zero-order valence-electron chi connectivity index (χ0n) is 8.11. The second-order valence-corrected chi connectivity index (χ2v) is 6.02. The SMILES string of the molecule is C[Si](C)C.O=C(O)c1ccccn1. The number of hydrogen-bond donors (Lipinski definition) is 1. The Morgan fingerprint density at radius 1 is 1.38 bits per heavy atom. The van der Waals surface area contributed by atoms with Gasteiger partial charge in [-0.05, 0) is 12.1 Å². The van der Waals surface area contributed by atoms with Crippen molar-refractivity contribution in [1.29, 1.82) is 0 Å². The zero-order valence-corrected chi connectivity index (χ0v) is 9.11. The van der Waals surface area contributed by atoms with Crippen molar-refractivity contribution in [2.24, 2.45) is 0 Å². The summed E-state index contributed by atoms with van der Waals surface area (Å²) in [5, 5.41) is 8.32. The van der Waals surface area contributed by atoms with Crippen LogP contribution >= 0.6 is 0 Å². The lowest BCUT2D eigenvalue weighted by Crippen LogP contribution is -1.97. The van der Waals surface area contributed by atoms with Crippen LogP contribution in [0.5, 0.6) is 0 Å². The molecule has 4 heteroatoms. The molecule has 0 saturated heterocycles. The van der Waals surface area contributed by atoms with E-state index in [1.807, 2.05) is 0 Å². The average Bonchev–Trinajstić information content (AvgIpc) is 2.05. The van der Waals surface area contributed by atoms with Gasteiger partial charge in [0.15, 0.2) is 0 Å². The highest BCUT2D eigenvalue weighted by Gasteiger charge is 1.98. The monoisotopic (exact) mass is 196 g/mol. The number of carboxylic acids is 1. The van der Waals surface area contributed by atoms with Gasteiger partial charge < -0.3 is 5.11 Å². The molecule has 0 fully saturated rings. The fraction of sp³-hybridized carbons (Fsp3) is 0.333. The zero-order chi connectivity index (χ0) is 10.3. The molecule has 3 nitrogen and oxygen atoms in total. The number of aromatic nitrogens is 1. The van der Waals surface area contributed by atoms with E-state index in [0.29, 0.717) is 0 Å². The van der Waals surface area contributed by atoms with Crippen LogP contribution in [0.15, 0.2) is 24.4 Å². The highest BCUT2D eigenvalue weighted by molar-refractivity contribution is 6.54. The molecule has 1 aromatic heterocycles. The molecule has 0 unspecified atom stereocenters. The highest BCUT2D eigenvalue weighted by atomic mass is 28.3. The van der Waals surface area contributed by atoms with Crippen molar-refractivity contribution in [2.45, 2.75) is 19.6 Å². The van der Waals surface area contributed by atoms with E-state index >= 15 is 0 Å². The van der Waals surface area contributed by atoms with Gasteiger partial charge in [-0.1, -0.05) is 25.7 Å². The summed E-state index contributed by atoms with van der Waals surface area (Å²) in [6, 6.07) is 4.76. The lowest BCUT2D eigenvalue weighted by Gasteiger charge is -1.87. The average molecular weight is 196 g/mol. The van der Waals surface area contributed by atoms with Crippen LogP contribution in [0.25, 0.3) is 0 Å². The first-order valence-electron chi connectivity index (χ1n) is 3.95. The number of carbonyl (C=O) groups is 1. The van der Waals surface area contributed by atoms with Crippen molar-refractivity contribution >= 4 is 14.8 Å². The van der Waals surface area contributed by atoms with Crippen molar-refractivity contribution in [3.63, 3.8) is 0 Å². The van der Waals surface area contributed by atoms with Gasteiger partial charge in [-0.25, -0.2) is 9.78 Å². The Kier molecular flexibility index (Phi) is 5.79. The van der Waals surface area contributed by atoms with Crippen molar-refractivity contribution < 1.29 is 9.90 Å². The Balaban J connectivity index is 0.000000310. The minimum atomic E-state index is -0.990. The summed E-state index contributed by atoms with van der Waals surface area (Å²) in [6.07, 6.45) is 1.45. The summed E-state index contributed by atoms with van der Waals surface area (Å²) in [5.74, 6) is -0.990. The van der Waals surface area contributed by atoms with Crippen molar-refractivity contribution in [3.8, 4) is 0 Å². The predicted molar refractivity (Wildman–Crippen MR) is 54.5 cm³/mol. The molecule has 1 aromatic rings. The van der Waals surface area contributed by atoms with Crippen LogP contribution in [0.4, 0.5) is 0 Å². The Morgan fingerprint density at radius 3 is 2.15 bits per heavy atom. The van der Waals surface area contributed by atoms with Crippen molar-refractivity contribution in [3.05, 3.63) is 30.1 Å². The van der Waals surface area contributed by atoms with Crippen LogP contribution in [-0.4, -0.2) is 24.9 Å². The van der Waals surface area contributed by atoms with E-state index in [4.69, 9.17) is 5.11 Å². The van der Waals surface area contributed by atoms with Gasteiger partial charge in [-0.2, -0.15) is 0 Å². The third kappa shape index (κ3) is 7.21. The van der Waals surface area contributed by atoms with Gasteiger partial charge in [0.2, 0.25) is 0 Å². The smallest absolute Gasteiger partial charge is 0.354 e. The first-order valence-corrected chi connectivity index (χ1v) is 6.95. The first kappa shape index (κ1) is 11.8. The van der Waals surface area contributed by atoms with E-state index in [1.165, 1.54) is 12.3 Å². The van der Waals surface area contributed by atoms with E-state index in [0.717, 1.165) is 0 Å². The second-order valence-electron chi connectivity index (χ2n) is 3.02. The molecule has 13 heavy (non-hydrogen) atoms. The number of aromatic carboxylic acids is 1. The fourth-order valence-electron chi connectivity index (χ4n) is 0.489. The van der Waals surface area contributed by atoms with Crippen LogP contribution in [-0.2, 0) is 0 Å². The first-order chi connectivity index (χ1) is 6.04. The second kappa shape index (κ2) is 6.36. The number of nitrogens with zero attached hydrogens (tertiary/aromatic N) is 1. The normalized spacial score (nSPS) is 8.92. The molecule has 0 amide bonds. The fourth-order valence-corrected chi connectivity index (χ4v) is 0.489. The summed E-state index contributed by atoms with van der Waals surface area (Å²) in [5.41, 5.74) is 0.0810. The lowest BCUT2D eigenvalue weighted by atomic mass is 10.4. The van der Waals surface area contributed by atoms with Gasteiger partial charge in [0.1, 0.15) is 5.69 Å². The van der Waals surface area contributed by atoms with Crippen LogP contribution in [0, 0.1) is 0 Å². The number of hydrogen-bond acceptors (Lipinski definition) is 2. The molecule has 0 saturated carbocycles. The minimum Gasteiger partial charge on any atom is -0.477 e. The molecule has 1 radical (unpaired) electrons. The van der Waals surface area contributed by atoms with Crippen LogP contribution < -0.4 is 0 Å². The standard InChI is InChI=1S/C6H5NO2.C3H9Si/c8-6(9)5-3-1-2-4-7-5;1-4(2)3/h1-4H,(H,8,9);1-3H3. The van der Waals surface area contributed by atoms with Gasteiger partial charge in [-0.3, -0.25) is 0 Å². The quantitative estimate of drug-likeness (QED) is 0.700. The molecule has 0 aliphatic carbocycles. The molecule has 0 bridgehead atoms. The van der Waals surface area contributed by atoms with E-state index in [1.54, 1.807) is 12.1 Å². The van der Waals surface area contributed by atoms with Gasteiger partial charge in [0.25, 0.3) is 0 Å². The largest absolute Gasteiger partial charge is 0.477 e. The summed E-state index contributed by atoms with van der Waals surface area (Å²) in [7, 11) is 0.120. The summed E-state index contributed by atoms with van der Waals surface area (Å²) in [4.78, 5) is 13.7. The Hall–Kier alpha value is -1.16. The summed E-state index contributed by atoms with van der Waals surface area (Å²) >= 11 is 0. The minimum absolute atomic E-state index is 0.0810. The third-order valence-electron chi connectivity index (χ3n) is 0.884. The maximum absolute atomic E-state index is 10.1. The molecular weight excluding hydrogens is 182 g/mol. The maximum atomic E-state index is 10.1. The topological polar surface area (TPSA) is 50.2 Å². The van der Waals surface area contributed by atoms with E-state index in [9.17, 15) is 4.79 Å². The van der Waals surface area contributed by atoms with Crippen LogP contribution in [0.2, 0.25) is 19.6 Å². The Labute approximate surface area is 80.1 Å². The number of rotatable bonds is 1. The summed E-state index contributed by atoms with van der Waals surface area (Å²) in [6.45, 7) is 6.81. The molecule has 0 atom stereocenters. The molecule has 0 spiro atoms. The van der Waals surface area contributed by atoms with Crippen molar-refractivity contribution in [2.75, 3.05) is 0 Å². The van der Waals surface area contributed by atoms with Crippen molar-refractivity contribution in [1.82, 2.24) is 4.98 Å². The molecule has 1 rings (SSSR count). The molecule has 71 valence electrons. The number of pyridine rings is 1.